The van der Waals surface area contributed by atoms with Crippen molar-refractivity contribution in [3.05, 3.63) is 105 Å². The van der Waals surface area contributed by atoms with Gasteiger partial charge in [0.15, 0.2) is 0 Å². The molecule has 1 atom stereocenters. The van der Waals surface area contributed by atoms with Gasteiger partial charge in [-0.05, 0) is 58.9 Å². The minimum atomic E-state index is 0.545. The number of benzene rings is 3. The average Bonchev–Trinajstić information content (AvgIpc) is 2.67. The van der Waals surface area contributed by atoms with E-state index in [1.165, 1.54) is 26.8 Å². The second-order valence-electron chi connectivity index (χ2n) is 5.99. The maximum Gasteiger partial charge on any atom is 0.0406 e. The molecule has 3 aromatic rings. The maximum absolute atomic E-state index is 6.75. The van der Waals surface area contributed by atoms with Gasteiger partial charge in [-0.3, -0.25) is 4.91 Å². The number of halogens is 1. The van der Waals surface area contributed by atoms with Gasteiger partial charge in [-0.2, -0.15) is 0 Å². The fourth-order valence-electron chi connectivity index (χ4n) is 2.95. The van der Waals surface area contributed by atoms with Crippen molar-refractivity contribution in [3.63, 3.8) is 0 Å². The molecule has 0 radical (unpaired) electrons. The lowest BCUT2D eigenvalue weighted by atomic mass is 9.93. The van der Waals surface area contributed by atoms with Gasteiger partial charge in [0.25, 0.3) is 0 Å². The summed E-state index contributed by atoms with van der Waals surface area (Å²) in [6.45, 7) is 2.24. The van der Waals surface area contributed by atoms with E-state index in [-0.39, 0.29) is 0 Å². The summed E-state index contributed by atoms with van der Waals surface area (Å²) in [5, 5.41) is 3.38. The van der Waals surface area contributed by atoms with Crippen LogP contribution in [0.15, 0.2) is 72.8 Å². The SMILES string of the molecule is CCC(CC=Cc1ccc2ccccc2c1)c1ccc(Cl)cc1.[N-]=[N+]=[N-]. The van der Waals surface area contributed by atoms with E-state index in [2.05, 4.69) is 73.7 Å². The molecule has 0 aliphatic carbocycles. The third-order valence-electron chi connectivity index (χ3n) is 4.34. The van der Waals surface area contributed by atoms with E-state index in [9.17, 15) is 0 Å². The summed E-state index contributed by atoms with van der Waals surface area (Å²) >= 11 is 5.98. The fraction of sp³-hybridized carbons (Fsp3) is 0.182. The van der Waals surface area contributed by atoms with Crippen LogP contribution in [0, 0.1) is 0 Å². The zero-order valence-electron chi connectivity index (χ0n) is 14.7. The Morgan fingerprint density at radius 3 is 2.27 bits per heavy atom. The van der Waals surface area contributed by atoms with E-state index in [0.717, 1.165) is 17.9 Å². The van der Waals surface area contributed by atoms with E-state index in [0.29, 0.717) is 5.92 Å². The van der Waals surface area contributed by atoms with Crippen molar-refractivity contribution in [1.82, 2.24) is 0 Å². The Labute approximate surface area is 159 Å². The Morgan fingerprint density at radius 1 is 0.962 bits per heavy atom. The van der Waals surface area contributed by atoms with Crippen LogP contribution < -0.4 is 0 Å². The van der Waals surface area contributed by atoms with Gasteiger partial charge >= 0.3 is 0 Å². The van der Waals surface area contributed by atoms with Crippen LogP contribution >= 0.6 is 11.6 Å². The molecular weight excluding hydrogens is 342 g/mol. The van der Waals surface area contributed by atoms with Crippen molar-refractivity contribution >= 4 is 28.4 Å². The van der Waals surface area contributed by atoms with Crippen LogP contribution in [0.3, 0.4) is 0 Å². The van der Waals surface area contributed by atoms with Gasteiger partial charge in [0, 0.05) is 5.02 Å². The molecule has 3 nitrogen and oxygen atoms in total. The van der Waals surface area contributed by atoms with Crippen molar-refractivity contribution in [3.8, 4) is 0 Å². The molecule has 3 aromatic carbocycles. The number of allylic oxidation sites excluding steroid dienone is 1. The van der Waals surface area contributed by atoms with Gasteiger partial charge in [0.1, 0.15) is 0 Å². The number of rotatable bonds is 5. The summed E-state index contributed by atoms with van der Waals surface area (Å²) in [7, 11) is 0. The lowest BCUT2D eigenvalue weighted by molar-refractivity contribution is 0.676. The van der Waals surface area contributed by atoms with Crippen molar-refractivity contribution in [2.75, 3.05) is 0 Å². The molecule has 3 rings (SSSR count). The largest absolute Gasteiger partial charge is 0.373 e. The number of hydrogen-bond donors (Lipinski definition) is 0. The first-order chi connectivity index (χ1) is 12.7. The Balaban J connectivity index is 0.000000758. The van der Waals surface area contributed by atoms with Crippen LogP contribution in [0.25, 0.3) is 32.8 Å². The minimum absolute atomic E-state index is 0.545. The molecule has 0 aliphatic heterocycles. The molecule has 0 aromatic heterocycles. The van der Waals surface area contributed by atoms with E-state index in [1.807, 2.05) is 12.1 Å². The minimum Gasteiger partial charge on any atom is -0.373 e. The molecule has 0 N–H and O–H groups in total. The fourth-order valence-corrected chi connectivity index (χ4v) is 3.08. The molecule has 26 heavy (non-hydrogen) atoms. The van der Waals surface area contributed by atoms with E-state index in [4.69, 9.17) is 22.7 Å². The van der Waals surface area contributed by atoms with Crippen LogP contribution in [0.5, 0.6) is 0 Å². The summed E-state index contributed by atoms with van der Waals surface area (Å²) in [5.74, 6) is 0.545. The summed E-state index contributed by atoms with van der Waals surface area (Å²) < 4.78 is 0. The number of nitrogens with zero attached hydrogens (tertiary/aromatic N) is 3. The third-order valence-corrected chi connectivity index (χ3v) is 4.59. The normalized spacial score (nSPS) is 11.6. The van der Waals surface area contributed by atoms with Gasteiger partial charge in [-0.1, -0.05) is 79.2 Å². The smallest absolute Gasteiger partial charge is 0.0406 e. The number of fused-ring (bicyclic) bond motifs is 1. The van der Waals surface area contributed by atoms with Gasteiger partial charge in [-0.25, -0.2) is 0 Å². The molecule has 0 fully saturated rings. The van der Waals surface area contributed by atoms with Crippen LogP contribution in [-0.4, -0.2) is 0 Å². The Kier molecular flexibility index (Phi) is 7.75. The van der Waals surface area contributed by atoms with Gasteiger partial charge in [0.05, 0.1) is 0 Å². The van der Waals surface area contributed by atoms with Crippen molar-refractivity contribution in [2.45, 2.75) is 25.7 Å². The van der Waals surface area contributed by atoms with Crippen molar-refractivity contribution < 1.29 is 0 Å². The highest BCUT2D eigenvalue weighted by Gasteiger charge is 2.07. The molecule has 0 heterocycles. The Morgan fingerprint density at radius 2 is 1.62 bits per heavy atom. The first kappa shape index (κ1) is 19.6. The molecule has 0 bridgehead atoms. The summed E-state index contributed by atoms with van der Waals surface area (Å²) in [4.78, 5) is 1.50. The van der Waals surface area contributed by atoms with Crippen LogP contribution in [0.1, 0.15) is 36.8 Å². The second kappa shape index (κ2) is 10.3. The molecule has 0 saturated heterocycles. The lowest BCUT2D eigenvalue weighted by Gasteiger charge is -2.13. The van der Waals surface area contributed by atoms with E-state index in [1.54, 1.807) is 0 Å². The molecule has 132 valence electrons. The predicted octanol–water partition coefficient (Wildman–Crippen LogP) is 7.96. The highest BCUT2D eigenvalue weighted by atomic mass is 35.5. The van der Waals surface area contributed by atoms with Crippen LogP contribution in [0.2, 0.25) is 5.02 Å². The molecular formula is C22H21ClN3-. The number of hydrogen-bond acceptors (Lipinski definition) is 0. The van der Waals surface area contributed by atoms with E-state index < -0.39 is 0 Å². The molecule has 0 aliphatic rings. The van der Waals surface area contributed by atoms with Crippen LogP contribution in [-0.2, 0) is 0 Å². The summed E-state index contributed by atoms with van der Waals surface area (Å²) in [6.07, 6.45) is 6.69. The standard InChI is InChI=1S/C22H21Cl.N3/c1-2-18(20-12-14-22(23)15-13-20)9-5-6-17-10-11-19-7-3-4-8-21(19)16-17;1-3-2/h3-8,10-16,18H,2,9H2,1H3;/q;-1. The van der Waals surface area contributed by atoms with Gasteiger partial charge in [-0.15, -0.1) is 0 Å². The molecule has 1 unspecified atom stereocenters. The first-order valence-electron chi connectivity index (χ1n) is 8.57. The first-order valence-corrected chi connectivity index (χ1v) is 8.95. The van der Waals surface area contributed by atoms with E-state index >= 15 is 0 Å². The highest BCUT2D eigenvalue weighted by molar-refractivity contribution is 6.30. The summed E-state index contributed by atoms with van der Waals surface area (Å²) in [6, 6.07) is 23.3. The quantitative estimate of drug-likeness (QED) is 0.251. The third kappa shape index (κ3) is 5.66. The zero-order valence-corrected chi connectivity index (χ0v) is 15.5. The average molecular weight is 363 g/mol. The van der Waals surface area contributed by atoms with Crippen LogP contribution in [0.4, 0.5) is 0 Å². The summed E-state index contributed by atoms with van der Waals surface area (Å²) in [5.41, 5.74) is 16.1. The maximum atomic E-state index is 6.75. The molecule has 0 saturated carbocycles. The van der Waals surface area contributed by atoms with Gasteiger partial charge in [0.2, 0.25) is 0 Å². The van der Waals surface area contributed by atoms with Crippen molar-refractivity contribution in [1.29, 1.82) is 0 Å². The second-order valence-corrected chi connectivity index (χ2v) is 6.43. The van der Waals surface area contributed by atoms with Crippen molar-refractivity contribution in [2.24, 2.45) is 0 Å². The topological polar surface area (TPSA) is 58.7 Å². The monoisotopic (exact) mass is 362 g/mol. The highest BCUT2D eigenvalue weighted by Crippen LogP contribution is 2.25. The lowest BCUT2D eigenvalue weighted by Crippen LogP contribution is -1.95. The molecule has 4 heteroatoms. The van der Waals surface area contributed by atoms with Gasteiger partial charge < -0.3 is 11.1 Å². The Hall–Kier alpha value is -2.74. The Bertz CT molecular complexity index is 895. The predicted molar refractivity (Wildman–Crippen MR) is 112 cm³/mol. The zero-order chi connectivity index (χ0) is 18.8. The molecule has 0 amide bonds. The molecule has 0 spiro atoms.